The highest BCUT2D eigenvalue weighted by molar-refractivity contribution is 7.91. The molecule has 45 heavy (non-hydrogen) atoms. The van der Waals surface area contributed by atoms with E-state index in [1.807, 2.05) is 30.3 Å². The van der Waals surface area contributed by atoms with Crippen LogP contribution in [0.25, 0.3) is 11.1 Å². The van der Waals surface area contributed by atoms with Crippen molar-refractivity contribution in [3.8, 4) is 11.5 Å². The lowest BCUT2D eigenvalue weighted by atomic mass is 9.89. The maximum absolute atomic E-state index is 13.1. The first-order valence-corrected chi connectivity index (χ1v) is 17.8. The van der Waals surface area contributed by atoms with E-state index < -0.39 is 34.1 Å². The Morgan fingerprint density at radius 2 is 1.60 bits per heavy atom. The summed E-state index contributed by atoms with van der Waals surface area (Å²) in [5, 5.41) is 20.2. The number of nitrogens with zero attached hydrogens (tertiary/aromatic N) is 1. The van der Waals surface area contributed by atoms with E-state index in [1.54, 1.807) is 12.1 Å². The first kappa shape index (κ1) is 35.2. The average Bonchev–Trinajstić information content (AvgIpc) is 3.33. The lowest BCUT2D eigenvalue weighted by Gasteiger charge is -2.24. The van der Waals surface area contributed by atoms with Gasteiger partial charge >= 0.3 is 12.1 Å². The van der Waals surface area contributed by atoms with Gasteiger partial charge in [-0.15, -0.1) is 0 Å². The monoisotopic (exact) mass is 657 g/mol. The molecule has 2 N–H and O–H groups in total. The van der Waals surface area contributed by atoms with Gasteiger partial charge in [0.1, 0.15) is 11.5 Å². The number of hydrogen-bond donors (Lipinski definition) is 2. The standard InChI is InChI=1S/C34H44F5NO4S/c35-33(36,34(37,38)39)18-22-45(43,44)21-8-12-27-11-7-20-40(27)19-4-2-1-3-14-32-30(25-9-5-13-28(41)23-25)15-6-10-26-24-29(42)16-17-31(26)32/h5,9,13,16-17,23-24,27,41-42H,1-4,6-8,10-12,14-15,18-22H2/t27-/m0/s1. The molecule has 0 bridgehead atoms. The van der Waals surface area contributed by atoms with E-state index in [0.29, 0.717) is 6.42 Å². The van der Waals surface area contributed by atoms with Gasteiger partial charge < -0.3 is 15.1 Å². The van der Waals surface area contributed by atoms with E-state index in [-0.39, 0.29) is 29.7 Å². The molecule has 1 fully saturated rings. The zero-order valence-corrected chi connectivity index (χ0v) is 26.4. The van der Waals surface area contributed by atoms with Crippen LogP contribution in [0.4, 0.5) is 22.0 Å². The molecule has 1 aliphatic carbocycles. The summed E-state index contributed by atoms with van der Waals surface area (Å²) in [6.07, 6.45) is 2.93. The van der Waals surface area contributed by atoms with Gasteiger partial charge in [-0.3, -0.25) is 0 Å². The summed E-state index contributed by atoms with van der Waals surface area (Å²) in [6, 6.07) is 13.2. The lowest BCUT2D eigenvalue weighted by Crippen LogP contribution is -2.38. The van der Waals surface area contributed by atoms with E-state index in [4.69, 9.17) is 0 Å². The number of hydrogen-bond acceptors (Lipinski definition) is 5. The molecule has 250 valence electrons. The van der Waals surface area contributed by atoms with Crippen molar-refractivity contribution in [3.63, 3.8) is 0 Å². The molecule has 1 aliphatic heterocycles. The second-order valence-corrected chi connectivity index (χ2v) is 14.7. The molecule has 0 spiro atoms. The van der Waals surface area contributed by atoms with Crippen LogP contribution in [0.2, 0.25) is 0 Å². The Bertz CT molecular complexity index is 1420. The third-order valence-electron chi connectivity index (χ3n) is 9.10. The largest absolute Gasteiger partial charge is 0.508 e. The number of alkyl halides is 5. The molecule has 0 saturated carbocycles. The topological polar surface area (TPSA) is 77.8 Å². The number of allylic oxidation sites excluding steroid dienone is 2. The van der Waals surface area contributed by atoms with Crippen molar-refractivity contribution in [2.24, 2.45) is 0 Å². The van der Waals surface area contributed by atoms with Crippen LogP contribution < -0.4 is 0 Å². The van der Waals surface area contributed by atoms with E-state index in [9.17, 15) is 40.6 Å². The predicted molar refractivity (Wildman–Crippen MR) is 167 cm³/mol. The predicted octanol–water partition coefficient (Wildman–Crippen LogP) is 8.54. The number of rotatable bonds is 15. The number of unbranched alkanes of at least 4 members (excludes halogenated alkanes) is 3. The van der Waals surface area contributed by atoms with E-state index in [0.717, 1.165) is 88.4 Å². The van der Waals surface area contributed by atoms with Crippen LogP contribution in [-0.4, -0.2) is 66.3 Å². The quantitative estimate of drug-likeness (QED) is 0.148. The molecule has 1 saturated heterocycles. The minimum Gasteiger partial charge on any atom is -0.508 e. The maximum atomic E-state index is 13.1. The van der Waals surface area contributed by atoms with Gasteiger partial charge in [-0.2, -0.15) is 22.0 Å². The molecule has 4 rings (SSSR count). The Hall–Kier alpha value is -2.66. The van der Waals surface area contributed by atoms with Crippen LogP contribution in [0.3, 0.4) is 0 Å². The van der Waals surface area contributed by atoms with Gasteiger partial charge in [0.25, 0.3) is 0 Å². The normalized spacial score (nSPS) is 18.3. The molecule has 0 radical (unpaired) electrons. The maximum Gasteiger partial charge on any atom is 0.453 e. The second-order valence-electron chi connectivity index (χ2n) is 12.4. The third-order valence-corrected chi connectivity index (χ3v) is 10.8. The SMILES string of the molecule is O=S(=O)(CCC[C@@H]1CCCN1CCCCCCC1=C(c2cccc(O)c2)CCCc2cc(O)ccc21)CCC(F)(F)C(F)(F)F. The Kier molecular flexibility index (Phi) is 12.0. The van der Waals surface area contributed by atoms with Crippen LogP contribution in [0.1, 0.15) is 93.7 Å². The number of phenolic OH excluding ortho intramolecular Hbond substituents is 2. The fraction of sp³-hybridized carbons (Fsp3) is 0.588. The molecule has 0 amide bonds. The first-order valence-electron chi connectivity index (χ1n) is 16.0. The van der Waals surface area contributed by atoms with Crippen LogP contribution in [0, 0.1) is 0 Å². The zero-order chi connectivity index (χ0) is 32.7. The highest BCUT2D eigenvalue weighted by Crippen LogP contribution is 2.41. The van der Waals surface area contributed by atoms with E-state index in [2.05, 4.69) is 4.90 Å². The van der Waals surface area contributed by atoms with Crippen molar-refractivity contribution < 1.29 is 40.6 Å². The van der Waals surface area contributed by atoms with Crippen LogP contribution >= 0.6 is 0 Å². The van der Waals surface area contributed by atoms with E-state index in [1.165, 1.54) is 16.7 Å². The summed E-state index contributed by atoms with van der Waals surface area (Å²) >= 11 is 0. The molecule has 2 aliphatic rings. The molecule has 0 unspecified atom stereocenters. The summed E-state index contributed by atoms with van der Waals surface area (Å²) in [4.78, 5) is 2.35. The molecular formula is C34H44F5NO4S. The van der Waals surface area contributed by atoms with Crippen LogP contribution in [-0.2, 0) is 16.3 Å². The minimum absolute atomic E-state index is 0.200. The summed E-state index contributed by atoms with van der Waals surface area (Å²) in [6.45, 7) is 1.80. The van der Waals surface area contributed by atoms with Crippen molar-refractivity contribution in [1.29, 1.82) is 0 Å². The van der Waals surface area contributed by atoms with Gasteiger partial charge in [-0.25, -0.2) is 8.42 Å². The second kappa shape index (κ2) is 15.3. The summed E-state index contributed by atoms with van der Waals surface area (Å²) < 4.78 is 87.6. The smallest absolute Gasteiger partial charge is 0.453 e. The average molecular weight is 658 g/mol. The van der Waals surface area contributed by atoms with Crippen molar-refractivity contribution in [2.75, 3.05) is 24.6 Å². The molecule has 2 aromatic rings. The van der Waals surface area contributed by atoms with Crippen molar-refractivity contribution in [1.82, 2.24) is 4.90 Å². The highest BCUT2D eigenvalue weighted by atomic mass is 32.2. The van der Waals surface area contributed by atoms with Gasteiger partial charge in [0.2, 0.25) is 0 Å². The summed E-state index contributed by atoms with van der Waals surface area (Å²) in [7, 11) is -3.99. The number of halogens is 5. The summed E-state index contributed by atoms with van der Waals surface area (Å²) in [5.74, 6) is -6.05. The van der Waals surface area contributed by atoms with Gasteiger partial charge in [-0.05, 0) is 129 Å². The number of benzene rings is 2. The molecule has 0 aromatic heterocycles. The molecule has 11 heteroatoms. The van der Waals surface area contributed by atoms with Gasteiger partial charge in [0.15, 0.2) is 9.84 Å². The van der Waals surface area contributed by atoms with Gasteiger partial charge in [0.05, 0.1) is 11.5 Å². The van der Waals surface area contributed by atoms with Gasteiger partial charge in [0, 0.05) is 12.5 Å². The van der Waals surface area contributed by atoms with Crippen molar-refractivity contribution in [2.45, 2.75) is 102 Å². The van der Waals surface area contributed by atoms with Crippen LogP contribution in [0.5, 0.6) is 11.5 Å². The molecular weight excluding hydrogens is 613 g/mol. The Morgan fingerprint density at radius 3 is 2.36 bits per heavy atom. The van der Waals surface area contributed by atoms with Crippen molar-refractivity contribution in [3.05, 3.63) is 59.2 Å². The third kappa shape index (κ3) is 9.91. The number of likely N-dealkylation sites (tertiary alicyclic amines) is 1. The van der Waals surface area contributed by atoms with Crippen LogP contribution in [0.15, 0.2) is 42.5 Å². The number of aromatic hydroxyl groups is 2. The fourth-order valence-electron chi connectivity index (χ4n) is 6.70. The number of fused-ring (bicyclic) bond motifs is 1. The number of sulfone groups is 1. The van der Waals surface area contributed by atoms with Crippen molar-refractivity contribution >= 4 is 21.0 Å². The number of phenols is 2. The van der Waals surface area contributed by atoms with E-state index >= 15 is 0 Å². The molecule has 5 nitrogen and oxygen atoms in total. The molecule has 1 atom stereocenters. The molecule has 1 heterocycles. The van der Waals surface area contributed by atoms with Gasteiger partial charge in [-0.1, -0.05) is 31.0 Å². The first-order chi connectivity index (χ1) is 21.3. The summed E-state index contributed by atoms with van der Waals surface area (Å²) in [5.41, 5.74) is 5.85. The lowest BCUT2D eigenvalue weighted by molar-refractivity contribution is -0.282. The Balaban J connectivity index is 1.24. The Morgan fingerprint density at radius 1 is 0.844 bits per heavy atom. The Labute approximate surface area is 263 Å². The zero-order valence-electron chi connectivity index (χ0n) is 25.6. The molecule has 2 aromatic carbocycles. The fourth-order valence-corrected chi connectivity index (χ4v) is 8.08. The number of aryl methyl sites for hydroxylation is 1. The highest BCUT2D eigenvalue weighted by Gasteiger charge is 2.57. The minimum atomic E-state index is -5.74.